The van der Waals surface area contributed by atoms with Gasteiger partial charge >= 0.3 is 22.5 Å². The minimum absolute atomic E-state index is 1.04. The predicted octanol–water partition coefficient (Wildman–Crippen LogP) is -5.20. The van der Waals surface area contributed by atoms with Crippen molar-refractivity contribution in [2.24, 2.45) is 0 Å². The quantitative estimate of drug-likeness (QED) is 0.154. The summed E-state index contributed by atoms with van der Waals surface area (Å²) in [5.41, 5.74) is 0. The van der Waals surface area contributed by atoms with Crippen LogP contribution in [0.15, 0.2) is 0 Å². The molecule has 18 heteroatoms. The zero-order valence-corrected chi connectivity index (χ0v) is 16.0. The highest BCUT2D eigenvalue weighted by Gasteiger charge is 2.54. The summed E-state index contributed by atoms with van der Waals surface area (Å²) < 4.78 is 50.8. The molecule has 31 heavy (non-hydrogen) atoms. The van der Waals surface area contributed by atoms with Crippen molar-refractivity contribution in [3.63, 3.8) is 0 Å². The highest BCUT2D eigenvalue weighted by molar-refractivity contribution is 7.80. The van der Waals surface area contributed by atoms with Crippen molar-refractivity contribution in [1.29, 1.82) is 0 Å². The largest absolute Gasteiger partial charge is 0.479 e. The molecule has 0 aliphatic carbocycles. The van der Waals surface area contributed by atoms with Gasteiger partial charge < -0.3 is 55.3 Å². The summed E-state index contributed by atoms with van der Waals surface area (Å²) in [5, 5.41) is 68.8. The van der Waals surface area contributed by atoms with E-state index in [1.807, 2.05) is 0 Å². The van der Waals surface area contributed by atoms with Crippen molar-refractivity contribution in [2.45, 2.75) is 61.3 Å². The molecular formula is C13H21NO16S. The van der Waals surface area contributed by atoms with E-state index in [4.69, 9.17) is 29.0 Å². The number of aliphatic hydroxyl groups is 5. The molecule has 0 aromatic carbocycles. The Morgan fingerprint density at radius 3 is 2.06 bits per heavy atom. The molecular weight excluding hydrogens is 458 g/mol. The zero-order chi connectivity index (χ0) is 23.7. The van der Waals surface area contributed by atoms with Crippen LogP contribution in [0.5, 0.6) is 0 Å². The molecule has 0 saturated carbocycles. The van der Waals surface area contributed by atoms with Crippen LogP contribution in [-0.2, 0) is 33.6 Å². The number of rotatable bonds is 7. The fraction of sp³-hybridized carbons (Fsp3) is 0.846. The van der Waals surface area contributed by atoms with E-state index in [9.17, 15) is 43.5 Å². The third kappa shape index (κ3) is 5.96. The van der Waals surface area contributed by atoms with Crippen molar-refractivity contribution < 1.29 is 76.7 Å². The van der Waals surface area contributed by atoms with E-state index in [2.05, 4.69) is 4.18 Å². The minimum atomic E-state index is -5.28. The van der Waals surface area contributed by atoms with Crippen LogP contribution < -0.4 is 5.32 Å². The number of carbonyl (C=O) groups is 2. The van der Waals surface area contributed by atoms with Crippen LogP contribution in [0.25, 0.3) is 0 Å². The average Bonchev–Trinajstić information content (AvgIpc) is 2.64. The molecule has 10 atom stereocenters. The summed E-state index contributed by atoms with van der Waals surface area (Å²) in [6.07, 6.45) is -20.3. The maximum absolute atomic E-state index is 11.2. The molecule has 1 unspecified atom stereocenters. The van der Waals surface area contributed by atoms with Crippen molar-refractivity contribution in [3.8, 4) is 0 Å². The van der Waals surface area contributed by atoms with E-state index < -0.39 is 90.4 Å². The molecule has 2 heterocycles. The summed E-state index contributed by atoms with van der Waals surface area (Å²) in [6, 6.07) is -1.89. The Balaban J connectivity index is 2.42. The van der Waals surface area contributed by atoms with Gasteiger partial charge in [-0.3, -0.25) is 4.55 Å². The van der Waals surface area contributed by atoms with Gasteiger partial charge in [0.15, 0.2) is 18.7 Å². The van der Waals surface area contributed by atoms with Gasteiger partial charge in [-0.2, -0.15) is 8.42 Å². The number of nitrogens with one attached hydrogen (secondary N) is 1. The Labute approximate surface area is 173 Å². The molecule has 2 rings (SSSR count). The Bertz CT molecular complexity index is 761. The molecule has 17 nitrogen and oxygen atoms in total. The second-order valence-electron chi connectivity index (χ2n) is 6.55. The molecule has 2 saturated heterocycles. The van der Waals surface area contributed by atoms with Gasteiger partial charge in [0.25, 0.3) is 0 Å². The highest BCUT2D eigenvalue weighted by atomic mass is 32.3. The maximum atomic E-state index is 11.2. The second kappa shape index (κ2) is 9.83. The fourth-order valence-electron chi connectivity index (χ4n) is 3.10. The van der Waals surface area contributed by atoms with Crippen molar-refractivity contribution in [2.75, 3.05) is 6.61 Å². The Hall–Kier alpha value is -1.71. The van der Waals surface area contributed by atoms with E-state index in [1.54, 1.807) is 5.32 Å². The Morgan fingerprint density at radius 1 is 0.968 bits per heavy atom. The lowest BCUT2D eigenvalue weighted by molar-refractivity contribution is -0.334. The normalized spacial score (nSPS) is 41.5. The number of amides is 1. The Kier molecular flexibility index (Phi) is 8.10. The molecule has 0 aromatic rings. The summed E-state index contributed by atoms with van der Waals surface area (Å²) in [4.78, 5) is 22.3. The number of aliphatic hydroxyl groups excluding tert-OH is 5. The summed E-state index contributed by atoms with van der Waals surface area (Å²) in [7, 11) is -5.28. The predicted molar refractivity (Wildman–Crippen MR) is 88.5 cm³/mol. The number of hydrogen-bond donors (Lipinski definition) is 9. The molecule has 2 aliphatic rings. The van der Waals surface area contributed by atoms with E-state index in [1.165, 1.54) is 0 Å². The standard InChI is InChI=1S/C13H21NO16S/c15-1-2-7(30-31(24,25)26)8(3(11(21)27-2)14-13(22)23)28-12-6(18)4(16)5(17)9(29-12)10(19)20/h2-9,11-12,14-18,21H,1H2,(H,19,20)(H,22,23)(H,24,25,26)/t2?,3-,4+,5+,6-,7+,8-,9+,11-,12-/m1/s1. The third-order valence-corrected chi connectivity index (χ3v) is 4.94. The van der Waals surface area contributed by atoms with E-state index in [0.29, 0.717) is 0 Å². The van der Waals surface area contributed by atoms with Crippen LogP contribution in [0.3, 0.4) is 0 Å². The van der Waals surface area contributed by atoms with Gasteiger partial charge in [0.2, 0.25) is 0 Å². The monoisotopic (exact) mass is 479 g/mol. The van der Waals surface area contributed by atoms with E-state index in [-0.39, 0.29) is 0 Å². The lowest BCUT2D eigenvalue weighted by Gasteiger charge is -2.46. The molecule has 2 fully saturated rings. The van der Waals surface area contributed by atoms with E-state index >= 15 is 0 Å². The van der Waals surface area contributed by atoms with Gasteiger partial charge in [0.05, 0.1) is 6.61 Å². The summed E-state index contributed by atoms with van der Waals surface area (Å²) in [6.45, 7) is -1.04. The van der Waals surface area contributed by atoms with Gasteiger partial charge in [0, 0.05) is 0 Å². The Morgan fingerprint density at radius 2 is 1.58 bits per heavy atom. The van der Waals surface area contributed by atoms with Crippen LogP contribution in [0.2, 0.25) is 0 Å². The molecule has 180 valence electrons. The first-order valence-electron chi connectivity index (χ1n) is 8.44. The number of aliphatic carboxylic acids is 1. The maximum Gasteiger partial charge on any atom is 0.405 e. The van der Waals surface area contributed by atoms with Crippen molar-refractivity contribution >= 4 is 22.5 Å². The number of ether oxygens (including phenoxy) is 3. The summed E-state index contributed by atoms with van der Waals surface area (Å²) >= 11 is 0. The van der Waals surface area contributed by atoms with Crippen LogP contribution >= 0.6 is 0 Å². The van der Waals surface area contributed by atoms with Crippen molar-refractivity contribution in [3.05, 3.63) is 0 Å². The molecule has 9 N–H and O–H groups in total. The number of carboxylic acid groups (broad SMARTS) is 2. The second-order valence-corrected chi connectivity index (χ2v) is 7.60. The molecule has 0 bridgehead atoms. The highest BCUT2D eigenvalue weighted by Crippen LogP contribution is 2.30. The number of hydrogen-bond acceptors (Lipinski definition) is 13. The van der Waals surface area contributed by atoms with Crippen LogP contribution in [0.1, 0.15) is 0 Å². The topological polar surface area (TPSA) is 279 Å². The number of carboxylic acids is 1. The first-order chi connectivity index (χ1) is 14.3. The van der Waals surface area contributed by atoms with Gasteiger partial charge in [-0.1, -0.05) is 0 Å². The average molecular weight is 479 g/mol. The van der Waals surface area contributed by atoms with Gasteiger partial charge in [-0.05, 0) is 0 Å². The smallest absolute Gasteiger partial charge is 0.405 e. The van der Waals surface area contributed by atoms with Gasteiger partial charge in [-0.25, -0.2) is 13.8 Å². The van der Waals surface area contributed by atoms with Crippen molar-refractivity contribution in [1.82, 2.24) is 5.32 Å². The van der Waals surface area contributed by atoms with E-state index in [0.717, 1.165) is 0 Å². The molecule has 1 amide bonds. The van der Waals surface area contributed by atoms with Crippen LogP contribution in [-0.4, -0.2) is 129 Å². The molecule has 2 aliphatic heterocycles. The van der Waals surface area contributed by atoms with Crippen LogP contribution in [0.4, 0.5) is 4.79 Å². The van der Waals surface area contributed by atoms with Gasteiger partial charge in [0.1, 0.15) is 42.7 Å². The summed E-state index contributed by atoms with van der Waals surface area (Å²) in [5.74, 6) is -1.78. The first kappa shape index (κ1) is 25.5. The molecule has 0 spiro atoms. The molecule has 0 radical (unpaired) electrons. The van der Waals surface area contributed by atoms with Gasteiger partial charge in [-0.15, -0.1) is 0 Å². The SMILES string of the molecule is O=C(O)N[C@@H]1[C@@H](O[C@@H]2O[C@H](C(=O)O)[C@@H](O)[C@H](O)[C@H]2O)[C@@H](OS(=O)(=O)O)C(CO)O[C@H]1O. The minimum Gasteiger partial charge on any atom is -0.479 e. The molecule has 0 aromatic heterocycles. The lowest BCUT2D eigenvalue weighted by Crippen LogP contribution is -2.68. The third-order valence-electron chi connectivity index (χ3n) is 4.47. The lowest BCUT2D eigenvalue weighted by atomic mass is 9.95. The first-order valence-corrected chi connectivity index (χ1v) is 9.80. The van der Waals surface area contributed by atoms with Crippen LogP contribution in [0, 0.1) is 0 Å². The zero-order valence-electron chi connectivity index (χ0n) is 15.2. The fourth-order valence-corrected chi connectivity index (χ4v) is 3.62.